The van der Waals surface area contributed by atoms with Crippen LogP contribution in [-0.4, -0.2) is 27.8 Å². The molecule has 0 saturated heterocycles. The van der Waals surface area contributed by atoms with E-state index in [1.54, 1.807) is 19.1 Å². The highest BCUT2D eigenvalue weighted by molar-refractivity contribution is 6.31. The summed E-state index contributed by atoms with van der Waals surface area (Å²) in [5, 5.41) is 3.63. The fourth-order valence-electron chi connectivity index (χ4n) is 4.41. The topological polar surface area (TPSA) is 78.1 Å². The van der Waals surface area contributed by atoms with E-state index in [1.807, 2.05) is 43.0 Å². The van der Waals surface area contributed by atoms with Gasteiger partial charge in [0.25, 0.3) is 5.91 Å². The number of carbonyl (C=O) groups is 2. The number of nitrogens with zero attached hydrogens (tertiary/aromatic N) is 2. The van der Waals surface area contributed by atoms with Crippen molar-refractivity contribution < 1.29 is 9.59 Å². The molecule has 6 nitrogen and oxygen atoms in total. The molecule has 0 aliphatic heterocycles. The molecule has 0 radical (unpaired) electrons. The first kappa shape index (κ1) is 21.4. The van der Waals surface area contributed by atoms with Gasteiger partial charge >= 0.3 is 0 Å². The average Bonchev–Trinajstić information content (AvgIpc) is 3.38. The van der Waals surface area contributed by atoms with E-state index in [1.165, 1.54) is 0 Å². The van der Waals surface area contributed by atoms with Crippen LogP contribution in [0.15, 0.2) is 36.4 Å². The molecular formula is C24H27ClN4O2. The van der Waals surface area contributed by atoms with Crippen LogP contribution in [0.5, 0.6) is 0 Å². The van der Waals surface area contributed by atoms with Gasteiger partial charge in [-0.3, -0.25) is 9.59 Å². The quantitative estimate of drug-likeness (QED) is 0.566. The molecule has 1 fully saturated rings. The molecule has 2 aromatic carbocycles. The second-order valence-corrected chi connectivity index (χ2v) is 8.74. The number of rotatable bonds is 5. The first-order valence-electron chi connectivity index (χ1n) is 10.7. The summed E-state index contributed by atoms with van der Waals surface area (Å²) in [4.78, 5) is 34.9. The molecule has 1 saturated carbocycles. The number of nitrogens with one attached hydrogen (secondary N) is 2. The highest BCUT2D eigenvalue weighted by Crippen LogP contribution is 2.31. The molecule has 3 aromatic rings. The number of imidazole rings is 1. The van der Waals surface area contributed by atoms with Crippen LogP contribution in [-0.2, 0) is 4.79 Å². The molecule has 1 aromatic heterocycles. The van der Waals surface area contributed by atoms with E-state index in [0.29, 0.717) is 16.4 Å². The molecule has 0 unspecified atom stereocenters. The smallest absolute Gasteiger partial charge is 0.251 e. The van der Waals surface area contributed by atoms with Crippen molar-refractivity contribution in [2.75, 3.05) is 4.90 Å². The fourth-order valence-corrected chi connectivity index (χ4v) is 4.58. The van der Waals surface area contributed by atoms with E-state index < -0.39 is 0 Å². The number of aromatic nitrogens is 2. The van der Waals surface area contributed by atoms with Gasteiger partial charge in [0.15, 0.2) is 0 Å². The highest BCUT2D eigenvalue weighted by Gasteiger charge is 2.27. The molecule has 7 heteroatoms. The van der Waals surface area contributed by atoms with Crippen LogP contribution in [0.4, 0.5) is 5.69 Å². The van der Waals surface area contributed by atoms with Crippen molar-refractivity contribution in [3.05, 3.63) is 58.4 Å². The van der Waals surface area contributed by atoms with Crippen LogP contribution in [0.3, 0.4) is 0 Å². The SMILES string of the molecule is CC(=O)N(c1ccc(C(=O)N[C@@H](C)c2nc3ccc(Cl)cc3[nH]2)cc1C)C1CCCC1. The van der Waals surface area contributed by atoms with Gasteiger partial charge in [-0.25, -0.2) is 4.98 Å². The van der Waals surface area contributed by atoms with Crippen LogP contribution in [0.25, 0.3) is 11.0 Å². The van der Waals surface area contributed by atoms with Crippen LogP contribution in [0.2, 0.25) is 5.02 Å². The fraction of sp³-hybridized carbons (Fsp3) is 0.375. The Labute approximate surface area is 187 Å². The van der Waals surface area contributed by atoms with Crippen molar-refractivity contribution in [3.8, 4) is 0 Å². The first-order chi connectivity index (χ1) is 14.8. The molecule has 1 heterocycles. The lowest BCUT2D eigenvalue weighted by Gasteiger charge is -2.29. The van der Waals surface area contributed by atoms with E-state index >= 15 is 0 Å². The Morgan fingerprint density at radius 3 is 2.61 bits per heavy atom. The molecular weight excluding hydrogens is 412 g/mol. The van der Waals surface area contributed by atoms with Crippen LogP contribution >= 0.6 is 11.6 Å². The number of hydrogen-bond acceptors (Lipinski definition) is 3. The molecule has 2 amide bonds. The lowest BCUT2D eigenvalue weighted by Crippen LogP contribution is -2.37. The van der Waals surface area contributed by atoms with Gasteiger partial charge in [0, 0.05) is 29.2 Å². The number of aromatic amines is 1. The van der Waals surface area contributed by atoms with Gasteiger partial charge in [-0.2, -0.15) is 0 Å². The van der Waals surface area contributed by atoms with Gasteiger partial charge in [0.2, 0.25) is 5.91 Å². The largest absolute Gasteiger partial charge is 0.342 e. The third-order valence-electron chi connectivity index (χ3n) is 5.97. The molecule has 1 aliphatic rings. The summed E-state index contributed by atoms with van der Waals surface area (Å²) in [6.45, 7) is 5.44. The number of anilines is 1. The standard InChI is InChI=1S/C24H27ClN4O2/c1-14-12-17(8-11-22(14)29(16(3)30)19-6-4-5-7-19)24(31)26-15(2)23-27-20-10-9-18(25)13-21(20)28-23/h8-13,15,19H,4-7H2,1-3H3,(H,26,31)(H,27,28)/t15-/m0/s1. The number of amides is 2. The molecule has 0 bridgehead atoms. The van der Waals surface area contributed by atoms with Crippen LogP contribution in [0, 0.1) is 6.92 Å². The average molecular weight is 439 g/mol. The normalized spacial score (nSPS) is 15.2. The Morgan fingerprint density at radius 1 is 1.19 bits per heavy atom. The Bertz CT molecular complexity index is 1130. The molecule has 0 spiro atoms. The number of benzene rings is 2. The minimum atomic E-state index is -0.300. The van der Waals surface area contributed by atoms with E-state index in [9.17, 15) is 9.59 Å². The van der Waals surface area contributed by atoms with Crippen molar-refractivity contribution >= 4 is 40.1 Å². The zero-order valence-corrected chi connectivity index (χ0v) is 18.8. The minimum absolute atomic E-state index is 0.0470. The number of hydrogen-bond donors (Lipinski definition) is 2. The summed E-state index contributed by atoms with van der Waals surface area (Å²) in [5.74, 6) is 0.532. The van der Waals surface area contributed by atoms with Gasteiger partial charge in [0.1, 0.15) is 5.82 Å². The molecule has 2 N–H and O–H groups in total. The van der Waals surface area contributed by atoms with Crippen molar-refractivity contribution in [2.24, 2.45) is 0 Å². The monoisotopic (exact) mass is 438 g/mol. The summed E-state index contributed by atoms with van der Waals surface area (Å²) in [7, 11) is 0. The predicted molar refractivity (Wildman–Crippen MR) is 124 cm³/mol. The van der Waals surface area contributed by atoms with Crippen molar-refractivity contribution in [2.45, 2.75) is 58.5 Å². The maximum Gasteiger partial charge on any atom is 0.251 e. The predicted octanol–water partition coefficient (Wildman–Crippen LogP) is 5.31. The van der Waals surface area contributed by atoms with Crippen molar-refractivity contribution in [3.63, 3.8) is 0 Å². The summed E-state index contributed by atoms with van der Waals surface area (Å²) in [5.41, 5.74) is 4.00. The summed E-state index contributed by atoms with van der Waals surface area (Å²) in [6, 6.07) is 10.9. The first-order valence-corrected chi connectivity index (χ1v) is 11.1. The third-order valence-corrected chi connectivity index (χ3v) is 6.20. The molecule has 1 atom stereocenters. The maximum atomic E-state index is 12.9. The summed E-state index contributed by atoms with van der Waals surface area (Å²) < 4.78 is 0. The number of halogens is 1. The zero-order valence-electron chi connectivity index (χ0n) is 18.0. The van der Waals surface area contributed by atoms with E-state index in [-0.39, 0.29) is 23.9 Å². The Morgan fingerprint density at radius 2 is 1.94 bits per heavy atom. The van der Waals surface area contributed by atoms with Crippen molar-refractivity contribution in [1.82, 2.24) is 15.3 Å². The highest BCUT2D eigenvalue weighted by atomic mass is 35.5. The third kappa shape index (κ3) is 4.44. The van der Waals surface area contributed by atoms with Gasteiger partial charge in [-0.15, -0.1) is 0 Å². The minimum Gasteiger partial charge on any atom is -0.342 e. The Kier molecular flexibility index (Phi) is 6.01. The molecule has 31 heavy (non-hydrogen) atoms. The second kappa shape index (κ2) is 8.71. The lowest BCUT2D eigenvalue weighted by atomic mass is 10.1. The summed E-state index contributed by atoms with van der Waals surface area (Å²) >= 11 is 6.04. The molecule has 1 aliphatic carbocycles. The van der Waals surface area contributed by atoms with E-state index in [4.69, 9.17) is 11.6 Å². The Hall–Kier alpha value is -2.86. The van der Waals surface area contributed by atoms with Gasteiger partial charge < -0.3 is 15.2 Å². The number of carbonyl (C=O) groups excluding carboxylic acids is 2. The van der Waals surface area contributed by atoms with Crippen LogP contribution < -0.4 is 10.2 Å². The molecule has 4 rings (SSSR count). The van der Waals surface area contributed by atoms with Crippen LogP contribution in [0.1, 0.15) is 67.3 Å². The van der Waals surface area contributed by atoms with E-state index in [2.05, 4.69) is 15.3 Å². The maximum absolute atomic E-state index is 12.9. The second-order valence-electron chi connectivity index (χ2n) is 8.31. The Balaban J connectivity index is 1.51. The van der Waals surface area contributed by atoms with Crippen molar-refractivity contribution in [1.29, 1.82) is 0 Å². The number of fused-ring (bicyclic) bond motifs is 1. The zero-order chi connectivity index (χ0) is 22.1. The van der Waals surface area contributed by atoms with Gasteiger partial charge in [-0.1, -0.05) is 24.4 Å². The number of aryl methyl sites for hydroxylation is 1. The van der Waals surface area contributed by atoms with Gasteiger partial charge in [0.05, 0.1) is 17.1 Å². The summed E-state index contributed by atoms with van der Waals surface area (Å²) in [6.07, 6.45) is 4.36. The molecule has 162 valence electrons. The van der Waals surface area contributed by atoms with E-state index in [0.717, 1.165) is 48.0 Å². The van der Waals surface area contributed by atoms with Gasteiger partial charge in [-0.05, 0) is 68.7 Å². The number of H-pyrrole nitrogens is 1. The lowest BCUT2D eigenvalue weighted by molar-refractivity contribution is -0.117.